The van der Waals surface area contributed by atoms with Crippen molar-refractivity contribution in [2.24, 2.45) is 0 Å². The normalized spacial score (nSPS) is 14.9. The Morgan fingerprint density at radius 2 is 1.67 bits per heavy atom. The van der Waals surface area contributed by atoms with Gasteiger partial charge in [0.2, 0.25) is 0 Å². The Morgan fingerprint density at radius 1 is 1.07 bits per heavy atom. The van der Waals surface area contributed by atoms with Crippen molar-refractivity contribution in [3.63, 3.8) is 0 Å². The maximum absolute atomic E-state index is 14.7. The summed E-state index contributed by atoms with van der Waals surface area (Å²) in [6.07, 6.45) is -1.26. The van der Waals surface area contributed by atoms with Gasteiger partial charge in [0.15, 0.2) is 0 Å². The lowest BCUT2D eigenvalue weighted by Crippen LogP contribution is -2.30. The van der Waals surface area contributed by atoms with Gasteiger partial charge in [-0.1, -0.05) is 48.5 Å². The van der Waals surface area contributed by atoms with Gasteiger partial charge in [-0.25, -0.2) is 17.6 Å². The zero-order valence-corrected chi connectivity index (χ0v) is 15.2. The Hall–Kier alpha value is -2.53. The molecule has 1 heterocycles. The quantitative estimate of drug-likeness (QED) is 0.546. The first kappa shape index (κ1) is 19.2. The zero-order chi connectivity index (χ0) is 19.7. The highest BCUT2D eigenvalue weighted by atomic mass is 35.5. The van der Waals surface area contributed by atoms with Crippen molar-refractivity contribution in [1.82, 2.24) is 4.90 Å². The third-order valence-electron chi connectivity index (χ3n) is 4.23. The monoisotopic (exact) mass is 393 g/mol. The number of nitrogens with zero attached hydrogens (tertiary/aromatic N) is 1. The van der Waals surface area contributed by atoms with E-state index in [4.69, 9.17) is 11.6 Å². The summed E-state index contributed by atoms with van der Waals surface area (Å²) in [7, 11) is 0. The van der Waals surface area contributed by atoms with Crippen molar-refractivity contribution in [1.29, 1.82) is 0 Å². The first-order valence-electron chi connectivity index (χ1n) is 8.17. The van der Waals surface area contributed by atoms with Gasteiger partial charge in [-0.15, -0.1) is 0 Å². The third kappa shape index (κ3) is 3.78. The molecule has 2 aromatic rings. The summed E-state index contributed by atoms with van der Waals surface area (Å²) in [4.78, 5) is 1.08. The summed E-state index contributed by atoms with van der Waals surface area (Å²) in [5.41, 5.74) is 0.977. The summed E-state index contributed by atoms with van der Waals surface area (Å²) in [5, 5.41) is 0.131. The van der Waals surface area contributed by atoms with E-state index in [1.807, 2.05) is 0 Å². The fraction of sp³-hybridized carbons (Fsp3) is 0.143. The SMILES string of the molecule is C=C1C(Cl)=CC(c2ccccc2)=C(c2c(F)cc(C)cc2F)N1CC(F)F. The number of aryl methyl sites for hydroxylation is 1. The number of rotatable bonds is 4. The second kappa shape index (κ2) is 7.61. The maximum atomic E-state index is 14.7. The highest BCUT2D eigenvalue weighted by molar-refractivity contribution is 6.33. The van der Waals surface area contributed by atoms with Gasteiger partial charge in [0, 0.05) is 5.57 Å². The van der Waals surface area contributed by atoms with Gasteiger partial charge in [0.25, 0.3) is 6.43 Å². The standard InChI is InChI=1S/C21H16ClF4N/c1-12-8-17(23)20(18(24)9-12)21-15(14-6-4-3-5-7-14)10-16(22)13(2)27(21)11-19(25)26/h3-10,19H,2,11H2,1H3. The van der Waals surface area contributed by atoms with Gasteiger partial charge in [-0.2, -0.15) is 0 Å². The lowest BCUT2D eigenvalue weighted by molar-refractivity contribution is 0.123. The van der Waals surface area contributed by atoms with E-state index in [1.165, 1.54) is 6.08 Å². The molecule has 0 atom stereocenters. The average Bonchev–Trinajstić information content (AvgIpc) is 2.60. The van der Waals surface area contributed by atoms with E-state index in [0.29, 0.717) is 16.7 Å². The van der Waals surface area contributed by atoms with E-state index in [9.17, 15) is 17.6 Å². The van der Waals surface area contributed by atoms with Gasteiger partial charge in [0.1, 0.15) is 11.6 Å². The molecule has 0 amide bonds. The van der Waals surface area contributed by atoms with E-state index in [0.717, 1.165) is 17.0 Å². The van der Waals surface area contributed by atoms with Crippen molar-refractivity contribution in [3.05, 3.63) is 94.2 Å². The number of alkyl halides is 2. The molecule has 1 aliphatic rings. The van der Waals surface area contributed by atoms with Crippen LogP contribution in [0.5, 0.6) is 0 Å². The molecule has 1 nitrogen and oxygen atoms in total. The first-order chi connectivity index (χ1) is 12.8. The molecule has 3 rings (SSSR count). The van der Waals surface area contributed by atoms with E-state index in [-0.39, 0.29) is 22.0 Å². The van der Waals surface area contributed by atoms with Crippen LogP contribution < -0.4 is 0 Å². The topological polar surface area (TPSA) is 3.24 Å². The zero-order valence-electron chi connectivity index (χ0n) is 14.4. The number of hydrogen-bond donors (Lipinski definition) is 0. The van der Waals surface area contributed by atoms with Gasteiger partial charge < -0.3 is 4.90 Å². The molecule has 140 valence electrons. The molecule has 0 radical (unpaired) electrons. The lowest BCUT2D eigenvalue weighted by atomic mass is 9.93. The van der Waals surface area contributed by atoms with E-state index >= 15 is 0 Å². The molecule has 0 aliphatic carbocycles. The molecule has 0 aromatic heterocycles. The Balaban J connectivity index is 2.36. The van der Waals surface area contributed by atoms with Crippen LogP contribution in [0.1, 0.15) is 16.7 Å². The number of benzene rings is 2. The molecule has 0 saturated carbocycles. The molecule has 0 saturated heterocycles. The van der Waals surface area contributed by atoms with Crippen LogP contribution in [0.25, 0.3) is 11.3 Å². The average molecular weight is 394 g/mol. The van der Waals surface area contributed by atoms with Crippen LogP contribution in [0.2, 0.25) is 0 Å². The van der Waals surface area contributed by atoms with Crippen molar-refractivity contribution in [2.45, 2.75) is 13.3 Å². The summed E-state index contributed by atoms with van der Waals surface area (Å²) in [6, 6.07) is 11.0. The van der Waals surface area contributed by atoms with Crippen molar-refractivity contribution >= 4 is 22.9 Å². The number of hydrogen-bond acceptors (Lipinski definition) is 1. The largest absolute Gasteiger partial charge is 0.334 e. The number of halogens is 5. The molecular formula is C21H16ClF4N. The fourth-order valence-electron chi connectivity index (χ4n) is 3.06. The Kier molecular flexibility index (Phi) is 5.42. The van der Waals surface area contributed by atoms with Crippen LogP contribution in [0.3, 0.4) is 0 Å². The van der Waals surface area contributed by atoms with Crippen molar-refractivity contribution in [3.8, 4) is 0 Å². The second-order valence-corrected chi connectivity index (χ2v) is 6.58. The molecule has 0 unspecified atom stereocenters. The predicted octanol–water partition coefficient (Wildman–Crippen LogP) is 6.36. The van der Waals surface area contributed by atoms with E-state index in [1.54, 1.807) is 37.3 Å². The molecule has 0 N–H and O–H groups in total. The maximum Gasteiger partial charge on any atom is 0.256 e. The lowest BCUT2D eigenvalue weighted by Gasteiger charge is -2.34. The third-order valence-corrected chi connectivity index (χ3v) is 4.55. The van der Waals surface area contributed by atoms with Crippen LogP contribution in [0, 0.1) is 18.6 Å². The summed E-state index contributed by atoms with van der Waals surface area (Å²) < 4.78 is 56.0. The van der Waals surface area contributed by atoms with Crippen LogP contribution in [0.4, 0.5) is 17.6 Å². The highest BCUT2D eigenvalue weighted by Crippen LogP contribution is 2.42. The highest BCUT2D eigenvalue weighted by Gasteiger charge is 2.31. The smallest absolute Gasteiger partial charge is 0.256 e. The fourth-order valence-corrected chi connectivity index (χ4v) is 3.27. The number of allylic oxidation sites excluding steroid dienone is 3. The Morgan fingerprint density at radius 3 is 2.22 bits per heavy atom. The molecule has 6 heteroatoms. The summed E-state index contributed by atoms with van der Waals surface area (Å²) >= 11 is 6.20. The van der Waals surface area contributed by atoms with E-state index < -0.39 is 24.6 Å². The molecule has 0 bridgehead atoms. The van der Waals surface area contributed by atoms with Gasteiger partial charge in [-0.05, 0) is 36.3 Å². The molecule has 1 aliphatic heterocycles. The molecule has 0 fully saturated rings. The minimum Gasteiger partial charge on any atom is -0.334 e. The van der Waals surface area contributed by atoms with Crippen LogP contribution in [-0.2, 0) is 0 Å². The summed E-state index contributed by atoms with van der Waals surface area (Å²) in [6.45, 7) is 4.48. The van der Waals surface area contributed by atoms with E-state index in [2.05, 4.69) is 6.58 Å². The van der Waals surface area contributed by atoms with Gasteiger partial charge in [-0.3, -0.25) is 0 Å². The van der Waals surface area contributed by atoms with Crippen LogP contribution >= 0.6 is 11.6 Å². The molecule has 27 heavy (non-hydrogen) atoms. The Bertz CT molecular complexity index is 925. The minimum atomic E-state index is -2.76. The van der Waals surface area contributed by atoms with Gasteiger partial charge >= 0.3 is 0 Å². The Labute approximate surface area is 159 Å². The van der Waals surface area contributed by atoms with Crippen LogP contribution in [0.15, 0.2) is 65.8 Å². The predicted molar refractivity (Wildman–Crippen MR) is 100 cm³/mol. The van der Waals surface area contributed by atoms with Gasteiger partial charge in [0.05, 0.1) is 28.5 Å². The second-order valence-electron chi connectivity index (χ2n) is 6.17. The van der Waals surface area contributed by atoms with Crippen molar-refractivity contribution in [2.75, 3.05) is 6.54 Å². The molecular weight excluding hydrogens is 378 g/mol. The first-order valence-corrected chi connectivity index (χ1v) is 8.55. The minimum absolute atomic E-state index is 0.0223. The summed E-state index contributed by atoms with van der Waals surface area (Å²) in [5.74, 6) is -1.68. The van der Waals surface area contributed by atoms with Crippen molar-refractivity contribution < 1.29 is 17.6 Å². The molecule has 2 aromatic carbocycles. The molecule has 0 spiro atoms. The van der Waals surface area contributed by atoms with Crippen LogP contribution in [-0.4, -0.2) is 17.9 Å².